The van der Waals surface area contributed by atoms with Gasteiger partial charge in [-0.25, -0.2) is 4.98 Å². The van der Waals surface area contributed by atoms with Gasteiger partial charge in [0.15, 0.2) is 0 Å². The fourth-order valence-corrected chi connectivity index (χ4v) is 3.57. The van der Waals surface area contributed by atoms with E-state index in [9.17, 15) is 4.79 Å². The third-order valence-corrected chi connectivity index (χ3v) is 5.17. The molecule has 29 heavy (non-hydrogen) atoms. The van der Waals surface area contributed by atoms with E-state index in [1.54, 1.807) is 11.2 Å². The lowest BCUT2D eigenvalue weighted by atomic mass is 10.1. The van der Waals surface area contributed by atoms with Crippen LogP contribution in [0.5, 0.6) is 0 Å². The number of carbonyl (C=O) groups excluding carboxylic acids is 1. The van der Waals surface area contributed by atoms with Crippen molar-refractivity contribution in [1.29, 1.82) is 0 Å². The molecule has 0 aliphatic carbocycles. The standard InChI is InChI=1S/C24H21ClN2O2/c1-16-5-3-6-19(11-16)24(28)27(15-21-7-4-10-29-21)14-20-13-18-9-8-17(2)12-22(18)26-23(20)25/h3-13H,14-15H2,1-2H3. The van der Waals surface area contributed by atoms with E-state index in [4.69, 9.17) is 16.0 Å². The highest BCUT2D eigenvalue weighted by Crippen LogP contribution is 2.24. The third kappa shape index (κ3) is 4.33. The number of aromatic nitrogens is 1. The molecule has 2 aromatic heterocycles. The smallest absolute Gasteiger partial charge is 0.254 e. The molecule has 0 bridgehead atoms. The monoisotopic (exact) mass is 404 g/mol. The van der Waals surface area contributed by atoms with Crippen molar-refractivity contribution in [3.63, 3.8) is 0 Å². The summed E-state index contributed by atoms with van der Waals surface area (Å²) in [4.78, 5) is 19.5. The number of nitrogens with zero attached hydrogens (tertiary/aromatic N) is 2. The van der Waals surface area contributed by atoms with Crippen LogP contribution in [0.4, 0.5) is 0 Å². The lowest BCUT2D eigenvalue weighted by Crippen LogP contribution is -2.30. The molecule has 0 saturated carbocycles. The van der Waals surface area contributed by atoms with E-state index in [-0.39, 0.29) is 5.91 Å². The number of amides is 1. The highest BCUT2D eigenvalue weighted by molar-refractivity contribution is 6.30. The summed E-state index contributed by atoms with van der Waals surface area (Å²) < 4.78 is 5.48. The molecule has 4 aromatic rings. The van der Waals surface area contributed by atoms with Crippen molar-refractivity contribution >= 4 is 28.4 Å². The Hall–Kier alpha value is -3.11. The molecular formula is C24H21ClN2O2. The molecule has 2 aromatic carbocycles. The molecule has 146 valence electrons. The summed E-state index contributed by atoms with van der Waals surface area (Å²) in [5, 5.41) is 1.40. The van der Waals surface area contributed by atoms with Crippen LogP contribution < -0.4 is 0 Å². The van der Waals surface area contributed by atoms with Gasteiger partial charge in [-0.2, -0.15) is 0 Å². The molecule has 0 saturated heterocycles. The van der Waals surface area contributed by atoms with Crippen molar-refractivity contribution in [3.05, 3.63) is 100 Å². The summed E-state index contributed by atoms with van der Waals surface area (Å²) in [6.45, 7) is 4.68. The van der Waals surface area contributed by atoms with Crippen LogP contribution >= 0.6 is 11.6 Å². The van der Waals surface area contributed by atoms with Crippen LogP contribution in [-0.2, 0) is 13.1 Å². The normalized spacial score (nSPS) is 11.0. The van der Waals surface area contributed by atoms with Gasteiger partial charge in [-0.3, -0.25) is 4.79 Å². The van der Waals surface area contributed by atoms with Crippen molar-refractivity contribution in [2.75, 3.05) is 0 Å². The molecule has 1 amide bonds. The first-order chi connectivity index (χ1) is 14.0. The maximum Gasteiger partial charge on any atom is 0.254 e. The molecule has 5 heteroatoms. The first-order valence-electron chi connectivity index (χ1n) is 9.44. The number of hydrogen-bond acceptors (Lipinski definition) is 3. The fourth-order valence-electron chi connectivity index (χ4n) is 3.36. The molecule has 0 aliphatic heterocycles. The van der Waals surface area contributed by atoms with E-state index in [0.29, 0.717) is 29.6 Å². The maximum atomic E-state index is 13.3. The number of fused-ring (bicyclic) bond motifs is 1. The molecule has 0 atom stereocenters. The van der Waals surface area contributed by atoms with Crippen molar-refractivity contribution in [2.24, 2.45) is 0 Å². The summed E-state index contributed by atoms with van der Waals surface area (Å²) in [5.41, 5.74) is 4.45. The van der Waals surface area contributed by atoms with Crippen LogP contribution in [0.1, 0.15) is 32.8 Å². The summed E-state index contributed by atoms with van der Waals surface area (Å²) in [7, 11) is 0. The summed E-state index contributed by atoms with van der Waals surface area (Å²) in [5.74, 6) is 0.636. The molecule has 0 radical (unpaired) electrons. The molecule has 0 aliphatic rings. The molecule has 0 spiro atoms. The van der Waals surface area contributed by atoms with Gasteiger partial charge < -0.3 is 9.32 Å². The Morgan fingerprint density at radius 1 is 1.00 bits per heavy atom. The van der Waals surface area contributed by atoms with Crippen LogP contribution in [0, 0.1) is 13.8 Å². The van der Waals surface area contributed by atoms with Crippen molar-refractivity contribution in [1.82, 2.24) is 9.88 Å². The topological polar surface area (TPSA) is 46.3 Å². The van der Waals surface area contributed by atoms with Gasteiger partial charge in [0, 0.05) is 23.1 Å². The zero-order chi connectivity index (χ0) is 20.4. The first kappa shape index (κ1) is 19.2. The molecule has 4 rings (SSSR count). The van der Waals surface area contributed by atoms with Crippen LogP contribution in [-0.4, -0.2) is 15.8 Å². The Bertz CT molecular complexity index is 1170. The second-order valence-corrected chi connectivity index (χ2v) is 7.60. The Kier molecular flexibility index (Phi) is 5.36. The van der Waals surface area contributed by atoms with Gasteiger partial charge in [-0.15, -0.1) is 0 Å². The minimum absolute atomic E-state index is 0.0785. The molecular weight excluding hydrogens is 384 g/mol. The summed E-state index contributed by atoms with van der Waals surface area (Å²) in [6, 6.07) is 19.3. The summed E-state index contributed by atoms with van der Waals surface area (Å²) in [6.07, 6.45) is 1.61. The van der Waals surface area contributed by atoms with Crippen LogP contribution in [0.15, 0.2) is 71.3 Å². The van der Waals surface area contributed by atoms with E-state index in [2.05, 4.69) is 4.98 Å². The number of rotatable bonds is 5. The predicted molar refractivity (Wildman–Crippen MR) is 115 cm³/mol. The lowest BCUT2D eigenvalue weighted by molar-refractivity contribution is 0.0717. The van der Waals surface area contributed by atoms with Gasteiger partial charge in [-0.05, 0) is 55.8 Å². The Morgan fingerprint density at radius 3 is 2.59 bits per heavy atom. The lowest BCUT2D eigenvalue weighted by Gasteiger charge is -2.23. The second kappa shape index (κ2) is 8.10. The number of carbonyl (C=O) groups is 1. The van der Waals surface area contributed by atoms with Gasteiger partial charge in [0.2, 0.25) is 0 Å². The maximum absolute atomic E-state index is 13.3. The van der Waals surface area contributed by atoms with Crippen LogP contribution in [0.25, 0.3) is 10.9 Å². The van der Waals surface area contributed by atoms with Crippen molar-refractivity contribution < 1.29 is 9.21 Å². The van der Waals surface area contributed by atoms with Gasteiger partial charge in [0.1, 0.15) is 10.9 Å². The number of benzene rings is 2. The van der Waals surface area contributed by atoms with E-state index in [1.807, 2.05) is 74.5 Å². The minimum atomic E-state index is -0.0785. The fraction of sp³-hybridized carbons (Fsp3) is 0.167. The largest absolute Gasteiger partial charge is 0.467 e. The zero-order valence-electron chi connectivity index (χ0n) is 16.4. The highest BCUT2D eigenvalue weighted by atomic mass is 35.5. The van der Waals surface area contributed by atoms with Crippen LogP contribution in [0.2, 0.25) is 5.15 Å². The van der Waals surface area contributed by atoms with Gasteiger partial charge in [0.05, 0.1) is 18.3 Å². The third-order valence-electron chi connectivity index (χ3n) is 4.84. The minimum Gasteiger partial charge on any atom is -0.467 e. The van der Waals surface area contributed by atoms with Crippen LogP contribution in [0.3, 0.4) is 0 Å². The molecule has 0 fully saturated rings. The molecule has 0 unspecified atom stereocenters. The molecule has 0 N–H and O–H groups in total. The Morgan fingerprint density at radius 2 is 1.83 bits per heavy atom. The van der Waals surface area contributed by atoms with E-state index in [1.165, 1.54) is 0 Å². The predicted octanol–water partition coefficient (Wildman–Crippen LogP) is 5.94. The highest BCUT2D eigenvalue weighted by Gasteiger charge is 2.20. The van der Waals surface area contributed by atoms with Gasteiger partial charge >= 0.3 is 0 Å². The quantitative estimate of drug-likeness (QED) is 0.386. The zero-order valence-corrected chi connectivity index (χ0v) is 17.1. The number of aryl methyl sites for hydroxylation is 2. The van der Waals surface area contributed by atoms with Gasteiger partial charge in [-0.1, -0.05) is 41.4 Å². The number of furan rings is 1. The average molecular weight is 405 g/mol. The van der Waals surface area contributed by atoms with E-state index >= 15 is 0 Å². The number of hydrogen-bond donors (Lipinski definition) is 0. The van der Waals surface area contributed by atoms with Crippen molar-refractivity contribution in [2.45, 2.75) is 26.9 Å². The molecule has 2 heterocycles. The number of pyridine rings is 1. The molecule has 4 nitrogen and oxygen atoms in total. The first-order valence-corrected chi connectivity index (χ1v) is 9.81. The van der Waals surface area contributed by atoms with E-state index in [0.717, 1.165) is 27.6 Å². The van der Waals surface area contributed by atoms with Crippen molar-refractivity contribution in [3.8, 4) is 0 Å². The second-order valence-electron chi connectivity index (χ2n) is 7.24. The Labute approximate surface area is 174 Å². The van der Waals surface area contributed by atoms with Gasteiger partial charge in [0.25, 0.3) is 5.91 Å². The number of halogens is 1. The average Bonchev–Trinajstić information content (AvgIpc) is 3.20. The summed E-state index contributed by atoms with van der Waals surface area (Å²) >= 11 is 6.48. The van der Waals surface area contributed by atoms with E-state index < -0.39 is 0 Å². The Balaban J connectivity index is 1.69. The SMILES string of the molecule is Cc1cccc(C(=O)N(Cc2ccco2)Cc2cc3ccc(C)cc3nc2Cl)c1.